The Balaban J connectivity index is 1.03. The number of thioether (sulfide) groups is 1. The van der Waals surface area contributed by atoms with Gasteiger partial charge in [0.15, 0.2) is 27.4 Å². The fourth-order valence-electron chi connectivity index (χ4n) is 15.2. The first kappa shape index (κ1) is 53.3. The topological polar surface area (TPSA) is 186 Å². The number of ether oxygens (including phenoxy) is 2. The predicted octanol–water partition coefficient (Wildman–Crippen LogP) is 6.62. The minimum atomic E-state index is -2.27. The van der Waals surface area contributed by atoms with Crippen molar-refractivity contribution in [3.63, 3.8) is 0 Å². The molecule has 2 saturated heterocycles. The highest BCUT2D eigenvalue weighted by Crippen LogP contribution is 2.67. The first-order valence-electron chi connectivity index (χ1n) is 27.1. The summed E-state index contributed by atoms with van der Waals surface area (Å²) < 4.78 is 19.4. The van der Waals surface area contributed by atoms with Crippen LogP contribution >= 0.6 is 11.8 Å². The first-order valence-corrected chi connectivity index (χ1v) is 34.3. The van der Waals surface area contributed by atoms with Crippen molar-refractivity contribution in [3.05, 3.63) is 88.9 Å². The number of carbonyl (C=O) groups is 2. The van der Waals surface area contributed by atoms with Crippen LogP contribution in [0.4, 0.5) is 5.69 Å². The van der Waals surface area contributed by atoms with E-state index in [1.165, 1.54) is 7.11 Å². The van der Waals surface area contributed by atoms with E-state index in [2.05, 4.69) is 100 Å². The molecule has 6 aliphatic rings. The Hall–Kier alpha value is -4.12. The third kappa shape index (κ3) is 8.25. The lowest BCUT2D eigenvalue weighted by atomic mass is 9.47. The molecule has 1 spiro atoms. The summed E-state index contributed by atoms with van der Waals surface area (Å²) in [4.78, 5) is 50.5. The van der Waals surface area contributed by atoms with Crippen LogP contribution in [0, 0.1) is 5.41 Å². The molecule has 5 N–H and O–H groups in total. The van der Waals surface area contributed by atoms with Gasteiger partial charge in [-0.2, -0.15) is 0 Å². The lowest BCUT2D eigenvalue weighted by molar-refractivity contribution is -0.203. The molecule has 18 heteroatoms. The Morgan fingerprint density at radius 2 is 1.72 bits per heavy atom. The Kier molecular flexibility index (Phi) is 14.0. The fraction of sp³-hybridized carbons (Fsp3) is 0.607. The number of rotatable bonds is 16. The van der Waals surface area contributed by atoms with Gasteiger partial charge in [0.1, 0.15) is 17.3 Å². The van der Waals surface area contributed by atoms with Gasteiger partial charge >= 0.3 is 5.97 Å². The molecule has 0 radical (unpaired) electrons. The quantitative estimate of drug-likeness (QED) is 0.0202. The van der Waals surface area contributed by atoms with E-state index in [0.29, 0.717) is 82.4 Å². The van der Waals surface area contributed by atoms with E-state index < -0.39 is 68.1 Å². The van der Waals surface area contributed by atoms with Gasteiger partial charge in [-0.1, -0.05) is 62.9 Å². The molecular weight excluding hydrogens is 987 g/mol. The number of hydrogen-bond acceptors (Lipinski definition) is 14. The molecule has 9 atom stereocenters. The highest BCUT2D eigenvalue weighted by atomic mass is 32.2. The van der Waals surface area contributed by atoms with Crippen molar-refractivity contribution in [1.82, 2.24) is 30.1 Å². The van der Waals surface area contributed by atoms with Crippen molar-refractivity contribution in [2.45, 2.75) is 156 Å². The minimum Gasteiger partial charge on any atom is -0.496 e. The van der Waals surface area contributed by atoms with Crippen molar-refractivity contribution < 1.29 is 38.5 Å². The van der Waals surface area contributed by atoms with Crippen LogP contribution in [0.15, 0.2) is 66.1 Å². The van der Waals surface area contributed by atoms with Gasteiger partial charge in [-0.25, -0.2) is 9.97 Å². The largest absolute Gasteiger partial charge is 0.496 e. The number of fused-ring (bicyclic) bond motifs is 5. The average Bonchev–Trinajstić information content (AvgIpc) is 4.23. The number of aliphatic hydroxyl groups is 3. The Labute approximate surface area is 443 Å². The zero-order valence-corrected chi connectivity index (χ0v) is 48.0. The molecule has 1 amide bonds. The fourth-order valence-corrected chi connectivity index (χ4v) is 25.6. The molecule has 1 aliphatic carbocycles. The van der Waals surface area contributed by atoms with Gasteiger partial charge < -0.3 is 44.1 Å². The van der Waals surface area contributed by atoms with E-state index in [1.54, 1.807) is 18.9 Å². The maximum Gasteiger partial charge on any atom is 0.322 e. The summed E-state index contributed by atoms with van der Waals surface area (Å²) in [6.07, 6.45) is 11.2. The molecule has 400 valence electrons. The number of esters is 1. The van der Waals surface area contributed by atoms with Gasteiger partial charge in [0.25, 0.3) is 5.91 Å². The van der Waals surface area contributed by atoms with Crippen molar-refractivity contribution in [2.24, 2.45) is 5.41 Å². The minimum absolute atomic E-state index is 0.168. The van der Waals surface area contributed by atoms with Gasteiger partial charge in [0.2, 0.25) is 0 Å². The summed E-state index contributed by atoms with van der Waals surface area (Å²) in [5.41, 5.74) is -0.345. The van der Waals surface area contributed by atoms with Crippen LogP contribution < -0.4 is 15.0 Å². The molecule has 4 aromatic rings. The second kappa shape index (κ2) is 19.4. The van der Waals surface area contributed by atoms with Crippen LogP contribution in [0.2, 0.25) is 32.2 Å². The molecule has 10 rings (SSSR count). The van der Waals surface area contributed by atoms with Crippen LogP contribution in [0.3, 0.4) is 0 Å². The number of hydrogen-bond donors (Lipinski definition) is 5. The summed E-state index contributed by atoms with van der Waals surface area (Å²) in [5, 5.41) is 44.5. The second-order valence-corrected chi connectivity index (χ2v) is 33.8. The standard InChI is InChI=1S/C56H79N7O8SSi2/c1-11-36-32-58-51(59-33-36)72-35-74(9,10)71-73(7,8)27-17-23-57-49(65)56(68)47-54(22-26-62-24-16-21-53(13-3,46(54)62)48(56)64)40-28-41(44(69-5)29-43(40)61(47)4)55(50(66)70-6)31-37-30-52(67,12-2)34-63(37)25-20-39-38-18-14-15-19-42(38)60-45(39)55/h14-16,18-19,21,28-29,32-33,37,46-48,60,64,67-68H,11-13,17,20,22-27,30-31,34-35H2,1-10H3,(H,57,65)/t37?,46-,47+,48+,52-,53+,54+,55-,56-/m0/s1. The third-order valence-electron chi connectivity index (χ3n) is 18.5. The second-order valence-electron chi connectivity index (χ2n) is 23.6. The predicted molar refractivity (Wildman–Crippen MR) is 295 cm³/mol. The van der Waals surface area contributed by atoms with Crippen LogP contribution in [-0.2, 0) is 42.1 Å². The lowest BCUT2D eigenvalue weighted by Gasteiger charge is -2.63. The number of nitrogens with zero attached hydrogens (tertiary/aromatic N) is 5. The number of aryl methyl sites for hydroxylation is 1. The van der Waals surface area contributed by atoms with E-state index in [0.717, 1.165) is 68.5 Å². The SMILES string of the molecule is CCc1cnc(SC[Si](C)(C)O[Si](C)(C)CCCNC(=O)[C@@]2(O)[C@H](O)[C@]3(CC)C=CCN4CC[C@@]5(c6cc([C@@]7(C(=O)OC)CC8C[C@@](O)(CC)CN8CCc8c7[nH]c7ccccc87)c(OC)cc6N(C)[C@@H]25)[C@@H]43)nc1. The van der Waals surface area contributed by atoms with Crippen molar-refractivity contribution in [3.8, 4) is 5.75 Å². The molecule has 2 aromatic carbocycles. The molecule has 5 aliphatic heterocycles. The Morgan fingerprint density at radius 1 is 0.959 bits per heavy atom. The van der Waals surface area contributed by atoms with Gasteiger partial charge in [-0.05, 0) is 119 Å². The number of anilines is 1. The zero-order chi connectivity index (χ0) is 52.8. The molecule has 1 saturated carbocycles. The number of amides is 1. The Morgan fingerprint density at radius 3 is 2.42 bits per heavy atom. The lowest BCUT2D eigenvalue weighted by Crippen LogP contribution is -2.81. The van der Waals surface area contributed by atoms with Crippen molar-refractivity contribution >= 4 is 56.9 Å². The first-order chi connectivity index (χ1) is 35.2. The molecule has 15 nitrogen and oxygen atoms in total. The van der Waals surface area contributed by atoms with E-state index in [1.807, 2.05) is 49.5 Å². The normalized spacial score (nSPS) is 31.6. The number of methoxy groups -OCH3 is 2. The van der Waals surface area contributed by atoms with Gasteiger partial charge in [-0.15, -0.1) is 0 Å². The van der Waals surface area contributed by atoms with Crippen LogP contribution in [0.25, 0.3) is 10.9 Å². The number of H-pyrrole nitrogens is 1. The monoisotopic (exact) mass is 1070 g/mol. The number of likely N-dealkylation sites (N-methyl/N-ethyl adjacent to an activating group) is 1. The number of carbonyl (C=O) groups excluding carboxylic acids is 2. The number of aromatic amines is 1. The molecule has 7 heterocycles. The molecule has 3 fully saturated rings. The summed E-state index contributed by atoms with van der Waals surface area (Å²) in [5.74, 6) is -0.551. The Bertz CT molecular complexity index is 2830. The molecule has 74 heavy (non-hydrogen) atoms. The maximum absolute atomic E-state index is 15.5. The molecule has 1 unspecified atom stereocenters. The third-order valence-corrected chi connectivity index (χ3v) is 28.3. The highest BCUT2D eigenvalue weighted by molar-refractivity contribution is 8.00. The average molecular weight is 1070 g/mol. The van der Waals surface area contributed by atoms with E-state index in [9.17, 15) is 15.3 Å². The number of benzene rings is 2. The van der Waals surface area contributed by atoms with Crippen molar-refractivity contribution in [1.29, 1.82) is 0 Å². The van der Waals surface area contributed by atoms with Crippen LogP contribution in [0.5, 0.6) is 5.75 Å². The van der Waals surface area contributed by atoms with Gasteiger partial charge in [0, 0.05) is 108 Å². The molecule has 2 aromatic heterocycles. The van der Waals surface area contributed by atoms with E-state index >= 15 is 9.59 Å². The number of aromatic nitrogens is 3. The number of nitrogens with one attached hydrogen (secondary N) is 2. The summed E-state index contributed by atoms with van der Waals surface area (Å²) in [6, 6.07) is 11.8. The summed E-state index contributed by atoms with van der Waals surface area (Å²) in [6.45, 7) is 18.0. The molecule has 0 bridgehead atoms. The van der Waals surface area contributed by atoms with E-state index in [4.69, 9.17) is 13.6 Å². The summed E-state index contributed by atoms with van der Waals surface area (Å²) >= 11 is 1.64. The zero-order valence-electron chi connectivity index (χ0n) is 45.2. The van der Waals surface area contributed by atoms with Crippen LogP contribution in [-0.4, -0.2) is 163 Å². The highest BCUT2D eigenvalue weighted by Gasteiger charge is 2.78. The number of para-hydroxylation sites is 1. The van der Waals surface area contributed by atoms with Crippen molar-refractivity contribution in [2.75, 3.05) is 64.3 Å². The van der Waals surface area contributed by atoms with Crippen LogP contribution in [0.1, 0.15) is 87.2 Å². The number of aliphatic hydroxyl groups excluding tert-OH is 1. The van der Waals surface area contributed by atoms with Gasteiger partial charge in [-0.3, -0.25) is 19.4 Å². The van der Waals surface area contributed by atoms with E-state index in [-0.39, 0.29) is 12.1 Å². The summed E-state index contributed by atoms with van der Waals surface area (Å²) in [7, 11) is 0.670. The van der Waals surface area contributed by atoms with Gasteiger partial charge in [0.05, 0.1) is 25.9 Å². The maximum atomic E-state index is 15.5. The smallest absolute Gasteiger partial charge is 0.322 e. The molecular formula is C56H79N7O8SSi2.